The third-order valence-electron chi connectivity index (χ3n) is 3.77. The standard InChI is InChI=1S/C20H28N4O3S/c1-20(2,3)27-18-8-6-5-7-16(18)14-24-19(22-4)23-13-15-9-11-17(12-10-15)28(21,25)26/h5-12H,13-14H2,1-4H3,(H2,21,25,26)(H2,22,23,24). The smallest absolute Gasteiger partial charge is 0.238 e. The molecule has 28 heavy (non-hydrogen) atoms. The normalized spacial score (nSPS) is 12.5. The van der Waals surface area contributed by atoms with Crippen LogP contribution < -0.4 is 20.5 Å². The second-order valence-electron chi connectivity index (χ2n) is 7.29. The number of hydrogen-bond donors (Lipinski definition) is 3. The Bertz CT molecular complexity index is 917. The Morgan fingerprint density at radius 1 is 1.04 bits per heavy atom. The van der Waals surface area contributed by atoms with Crippen molar-refractivity contribution in [2.24, 2.45) is 10.1 Å². The van der Waals surface area contributed by atoms with Crippen LogP contribution in [0.3, 0.4) is 0 Å². The van der Waals surface area contributed by atoms with Gasteiger partial charge in [0.2, 0.25) is 10.0 Å². The van der Waals surface area contributed by atoms with Gasteiger partial charge in [-0.05, 0) is 44.5 Å². The Labute approximate surface area is 167 Å². The van der Waals surface area contributed by atoms with Crippen molar-refractivity contribution in [3.05, 3.63) is 59.7 Å². The van der Waals surface area contributed by atoms with Crippen LogP contribution in [-0.4, -0.2) is 27.0 Å². The molecule has 0 spiro atoms. The number of aliphatic imine (C=N–C) groups is 1. The number of nitrogens with one attached hydrogen (secondary N) is 2. The van der Waals surface area contributed by atoms with Crippen LogP contribution in [0.2, 0.25) is 0 Å². The Balaban J connectivity index is 1.95. The van der Waals surface area contributed by atoms with Crippen molar-refractivity contribution in [3.8, 4) is 5.75 Å². The lowest BCUT2D eigenvalue weighted by molar-refractivity contribution is 0.129. The van der Waals surface area contributed by atoms with Crippen molar-refractivity contribution in [3.63, 3.8) is 0 Å². The number of nitrogens with zero attached hydrogens (tertiary/aromatic N) is 1. The summed E-state index contributed by atoms with van der Waals surface area (Å²) < 4.78 is 28.6. The summed E-state index contributed by atoms with van der Waals surface area (Å²) in [6, 6.07) is 14.3. The number of primary sulfonamides is 1. The fraction of sp³-hybridized carbons (Fsp3) is 0.350. The molecule has 7 nitrogen and oxygen atoms in total. The predicted molar refractivity (Wildman–Crippen MR) is 112 cm³/mol. The van der Waals surface area contributed by atoms with Gasteiger partial charge in [-0.2, -0.15) is 0 Å². The van der Waals surface area contributed by atoms with Gasteiger partial charge < -0.3 is 15.4 Å². The molecule has 0 radical (unpaired) electrons. The molecule has 152 valence electrons. The van der Waals surface area contributed by atoms with E-state index in [-0.39, 0.29) is 10.5 Å². The maximum atomic E-state index is 11.3. The number of para-hydroxylation sites is 1. The molecule has 0 aliphatic rings. The molecule has 2 aromatic carbocycles. The number of ether oxygens (including phenoxy) is 1. The average Bonchev–Trinajstić information content (AvgIpc) is 2.61. The minimum atomic E-state index is -3.68. The second kappa shape index (κ2) is 9.07. The summed E-state index contributed by atoms with van der Waals surface area (Å²) in [5.41, 5.74) is 1.66. The summed E-state index contributed by atoms with van der Waals surface area (Å²) in [4.78, 5) is 4.31. The van der Waals surface area contributed by atoms with Gasteiger partial charge in [-0.25, -0.2) is 13.6 Å². The van der Waals surface area contributed by atoms with Crippen LogP contribution in [-0.2, 0) is 23.1 Å². The first kappa shape index (κ1) is 21.7. The zero-order valence-corrected chi connectivity index (χ0v) is 17.5. The molecule has 0 aliphatic carbocycles. The highest BCUT2D eigenvalue weighted by Gasteiger charge is 2.14. The zero-order chi connectivity index (χ0) is 20.8. The van der Waals surface area contributed by atoms with E-state index in [0.29, 0.717) is 19.0 Å². The Kier molecular flexibility index (Phi) is 7.04. The summed E-state index contributed by atoms with van der Waals surface area (Å²) in [5.74, 6) is 1.46. The van der Waals surface area contributed by atoms with Crippen molar-refractivity contribution in [1.29, 1.82) is 0 Å². The lowest BCUT2D eigenvalue weighted by Crippen LogP contribution is -2.36. The number of benzene rings is 2. The molecule has 0 aliphatic heterocycles. The van der Waals surface area contributed by atoms with Crippen LogP contribution in [0.25, 0.3) is 0 Å². The Hall–Kier alpha value is -2.58. The van der Waals surface area contributed by atoms with Gasteiger partial charge in [0.15, 0.2) is 5.96 Å². The van der Waals surface area contributed by atoms with Crippen molar-refractivity contribution in [2.45, 2.75) is 44.4 Å². The third-order valence-corrected chi connectivity index (χ3v) is 4.70. The summed E-state index contributed by atoms with van der Waals surface area (Å²) >= 11 is 0. The van der Waals surface area contributed by atoms with E-state index >= 15 is 0 Å². The highest BCUT2D eigenvalue weighted by Crippen LogP contribution is 2.22. The molecule has 0 aromatic heterocycles. The quantitative estimate of drug-likeness (QED) is 0.506. The van der Waals surface area contributed by atoms with Gasteiger partial charge in [-0.1, -0.05) is 30.3 Å². The van der Waals surface area contributed by atoms with Gasteiger partial charge in [0.1, 0.15) is 11.4 Å². The average molecular weight is 405 g/mol. The SMILES string of the molecule is CN=C(NCc1ccc(S(N)(=O)=O)cc1)NCc1ccccc1OC(C)(C)C. The van der Waals surface area contributed by atoms with Gasteiger partial charge in [0.25, 0.3) is 0 Å². The van der Waals surface area contributed by atoms with Crippen molar-refractivity contribution < 1.29 is 13.2 Å². The number of hydrogen-bond acceptors (Lipinski definition) is 4. The highest BCUT2D eigenvalue weighted by atomic mass is 32.2. The number of nitrogens with two attached hydrogens (primary N) is 1. The van der Waals surface area contributed by atoms with Crippen LogP contribution in [0.1, 0.15) is 31.9 Å². The summed E-state index contributed by atoms with van der Waals surface area (Å²) in [7, 11) is -1.99. The first-order chi connectivity index (χ1) is 13.1. The van der Waals surface area contributed by atoms with Crippen LogP contribution >= 0.6 is 0 Å². The van der Waals surface area contributed by atoms with E-state index in [1.807, 2.05) is 45.0 Å². The largest absolute Gasteiger partial charge is 0.488 e. The van der Waals surface area contributed by atoms with E-state index in [9.17, 15) is 8.42 Å². The van der Waals surface area contributed by atoms with Crippen LogP contribution in [0, 0.1) is 0 Å². The van der Waals surface area contributed by atoms with Gasteiger partial charge in [-0.3, -0.25) is 4.99 Å². The molecule has 2 rings (SSSR count). The molecular formula is C20H28N4O3S. The van der Waals surface area contributed by atoms with Gasteiger partial charge in [0, 0.05) is 25.7 Å². The van der Waals surface area contributed by atoms with Crippen LogP contribution in [0.15, 0.2) is 58.4 Å². The fourth-order valence-corrected chi connectivity index (χ4v) is 2.98. The highest BCUT2D eigenvalue weighted by molar-refractivity contribution is 7.89. The molecule has 0 unspecified atom stereocenters. The first-order valence-electron chi connectivity index (χ1n) is 8.92. The zero-order valence-electron chi connectivity index (χ0n) is 16.7. The van der Waals surface area contributed by atoms with E-state index in [2.05, 4.69) is 15.6 Å². The Morgan fingerprint density at radius 2 is 1.64 bits per heavy atom. The summed E-state index contributed by atoms with van der Waals surface area (Å²) in [6.45, 7) is 7.08. The molecule has 0 atom stereocenters. The van der Waals surface area contributed by atoms with Gasteiger partial charge >= 0.3 is 0 Å². The predicted octanol–water partition coefficient (Wildman–Crippen LogP) is 2.38. The van der Waals surface area contributed by atoms with E-state index in [1.165, 1.54) is 12.1 Å². The third kappa shape index (κ3) is 6.86. The minimum Gasteiger partial charge on any atom is -0.488 e. The second-order valence-corrected chi connectivity index (χ2v) is 8.85. The van der Waals surface area contributed by atoms with E-state index in [1.54, 1.807) is 19.2 Å². The van der Waals surface area contributed by atoms with Gasteiger partial charge in [-0.15, -0.1) is 0 Å². The molecule has 0 heterocycles. The van der Waals surface area contributed by atoms with Crippen molar-refractivity contribution >= 4 is 16.0 Å². The maximum Gasteiger partial charge on any atom is 0.238 e. The molecule has 0 amide bonds. The molecule has 0 saturated carbocycles. The topological polar surface area (TPSA) is 106 Å². The molecule has 0 saturated heterocycles. The fourth-order valence-electron chi connectivity index (χ4n) is 2.46. The van der Waals surface area contributed by atoms with Gasteiger partial charge in [0.05, 0.1) is 4.90 Å². The molecular weight excluding hydrogens is 376 g/mol. The van der Waals surface area contributed by atoms with Crippen LogP contribution in [0.5, 0.6) is 5.75 Å². The number of rotatable bonds is 6. The van der Waals surface area contributed by atoms with Crippen LogP contribution in [0.4, 0.5) is 0 Å². The summed E-state index contributed by atoms with van der Waals surface area (Å²) in [5, 5.41) is 11.6. The summed E-state index contributed by atoms with van der Waals surface area (Å²) in [6.07, 6.45) is 0. The maximum absolute atomic E-state index is 11.3. The molecule has 4 N–H and O–H groups in total. The monoisotopic (exact) mass is 404 g/mol. The molecule has 8 heteroatoms. The molecule has 0 bridgehead atoms. The number of sulfonamides is 1. The lowest BCUT2D eigenvalue weighted by atomic mass is 10.1. The van der Waals surface area contributed by atoms with E-state index < -0.39 is 10.0 Å². The number of guanidine groups is 1. The lowest BCUT2D eigenvalue weighted by Gasteiger charge is -2.23. The first-order valence-corrected chi connectivity index (χ1v) is 10.5. The Morgan fingerprint density at radius 3 is 2.21 bits per heavy atom. The van der Waals surface area contributed by atoms with Crippen molar-refractivity contribution in [2.75, 3.05) is 7.05 Å². The van der Waals surface area contributed by atoms with E-state index in [4.69, 9.17) is 9.88 Å². The molecule has 2 aromatic rings. The van der Waals surface area contributed by atoms with E-state index in [0.717, 1.165) is 16.9 Å². The minimum absolute atomic E-state index is 0.0919. The molecule has 0 fully saturated rings. The van der Waals surface area contributed by atoms with Crippen molar-refractivity contribution in [1.82, 2.24) is 10.6 Å².